The third-order valence-corrected chi connectivity index (χ3v) is 7.82. The zero-order valence-corrected chi connectivity index (χ0v) is 20.2. The van der Waals surface area contributed by atoms with E-state index in [0.717, 1.165) is 74.6 Å². The normalized spacial score (nSPS) is 21.3. The molecule has 5 heterocycles. The molecule has 3 aliphatic heterocycles. The van der Waals surface area contributed by atoms with Crippen molar-refractivity contribution in [3.8, 4) is 11.3 Å². The van der Waals surface area contributed by atoms with E-state index < -0.39 is 0 Å². The summed E-state index contributed by atoms with van der Waals surface area (Å²) < 4.78 is 7.88. The molecule has 2 saturated heterocycles. The Labute approximate surface area is 200 Å². The van der Waals surface area contributed by atoms with Gasteiger partial charge in [-0.05, 0) is 36.6 Å². The first-order chi connectivity index (χ1) is 16.6. The predicted molar refractivity (Wildman–Crippen MR) is 133 cm³/mol. The minimum absolute atomic E-state index is 0.125. The maximum absolute atomic E-state index is 12.2. The second-order valence-electron chi connectivity index (χ2n) is 10.2. The summed E-state index contributed by atoms with van der Waals surface area (Å²) in [5.41, 5.74) is 4.59. The Morgan fingerprint density at radius 3 is 2.76 bits per heavy atom. The molecule has 0 radical (unpaired) electrons. The summed E-state index contributed by atoms with van der Waals surface area (Å²) in [4.78, 5) is 21.4. The number of ether oxygens (including phenoxy) is 1. The highest BCUT2D eigenvalue weighted by Crippen LogP contribution is 2.37. The minimum Gasteiger partial charge on any atom is -0.381 e. The quantitative estimate of drug-likeness (QED) is 0.587. The van der Waals surface area contributed by atoms with Gasteiger partial charge in [0.2, 0.25) is 5.91 Å². The molecule has 2 fully saturated rings. The van der Waals surface area contributed by atoms with Crippen LogP contribution in [0.2, 0.25) is 0 Å². The van der Waals surface area contributed by atoms with E-state index in [0.29, 0.717) is 18.5 Å². The smallest absolute Gasteiger partial charge is 0.219 e. The summed E-state index contributed by atoms with van der Waals surface area (Å²) >= 11 is 0. The van der Waals surface area contributed by atoms with Crippen LogP contribution in [0.4, 0.5) is 5.82 Å². The minimum atomic E-state index is 0.125. The molecule has 1 aromatic carbocycles. The van der Waals surface area contributed by atoms with Crippen LogP contribution in [0.5, 0.6) is 0 Å². The molecule has 1 amide bonds. The summed E-state index contributed by atoms with van der Waals surface area (Å²) in [6.07, 6.45) is 6.06. The molecule has 7 heteroatoms. The van der Waals surface area contributed by atoms with Crippen molar-refractivity contribution in [1.29, 1.82) is 0 Å². The predicted octanol–water partition coefficient (Wildman–Crippen LogP) is 4.20. The second-order valence-corrected chi connectivity index (χ2v) is 10.2. The van der Waals surface area contributed by atoms with Crippen LogP contribution >= 0.6 is 0 Å². The molecule has 2 aromatic heterocycles. The molecule has 0 spiro atoms. The van der Waals surface area contributed by atoms with Gasteiger partial charge in [0.05, 0.1) is 11.7 Å². The van der Waals surface area contributed by atoms with Crippen molar-refractivity contribution in [1.82, 2.24) is 19.7 Å². The molecule has 0 saturated carbocycles. The molecule has 3 aromatic rings. The van der Waals surface area contributed by atoms with Gasteiger partial charge < -0.3 is 14.5 Å². The molecule has 0 aliphatic carbocycles. The zero-order chi connectivity index (χ0) is 23.2. The van der Waals surface area contributed by atoms with Crippen molar-refractivity contribution < 1.29 is 9.53 Å². The number of nitrogens with zero attached hydrogens (tertiary/aromatic N) is 5. The number of amides is 1. The molecule has 6 rings (SSSR count). The number of fused-ring (bicyclic) bond motifs is 2. The molecule has 1 atom stereocenters. The Hall–Kier alpha value is -2.93. The van der Waals surface area contributed by atoms with Crippen molar-refractivity contribution >= 4 is 22.5 Å². The number of benzene rings is 1. The highest BCUT2D eigenvalue weighted by atomic mass is 16.5. The van der Waals surface area contributed by atoms with E-state index in [1.54, 1.807) is 6.92 Å². The Morgan fingerprint density at radius 2 is 2.00 bits per heavy atom. The molecule has 34 heavy (non-hydrogen) atoms. The summed E-state index contributed by atoms with van der Waals surface area (Å²) in [5, 5.41) is 7.54. The topological polar surface area (TPSA) is 63.5 Å². The summed E-state index contributed by atoms with van der Waals surface area (Å²) in [7, 11) is 0. The number of carbonyl (C=O) groups is 1. The van der Waals surface area contributed by atoms with Crippen LogP contribution in [-0.4, -0.2) is 58.4 Å². The standard InChI is InChI=1S/C27H33N5O2/c1-18-6-10-31(16-18)26-14-20-4-3-5-22(23(20)15-28-26)27-24-17-30(19(2)33)11-7-25(24)32(29-27)21-8-12-34-13-9-21/h3-5,14-15,18,21H,6-13,16-17H2,1-2H3/t18-/m1/s1. The van der Waals surface area contributed by atoms with Crippen molar-refractivity contribution in [2.45, 2.75) is 52.1 Å². The lowest BCUT2D eigenvalue weighted by atomic mass is 9.97. The molecule has 0 unspecified atom stereocenters. The zero-order valence-electron chi connectivity index (χ0n) is 20.2. The van der Waals surface area contributed by atoms with E-state index in [2.05, 4.69) is 40.8 Å². The highest BCUT2D eigenvalue weighted by Gasteiger charge is 2.30. The highest BCUT2D eigenvalue weighted by molar-refractivity contribution is 5.97. The largest absolute Gasteiger partial charge is 0.381 e. The number of hydrogen-bond donors (Lipinski definition) is 0. The van der Waals surface area contributed by atoms with Crippen LogP contribution in [0.15, 0.2) is 30.5 Å². The third kappa shape index (κ3) is 3.76. The van der Waals surface area contributed by atoms with Gasteiger partial charge in [-0.3, -0.25) is 9.48 Å². The average molecular weight is 460 g/mol. The van der Waals surface area contributed by atoms with Gasteiger partial charge in [-0.2, -0.15) is 5.10 Å². The van der Waals surface area contributed by atoms with Crippen LogP contribution in [-0.2, 0) is 22.5 Å². The van der Waals surface area contributed by atoms with Gasteiger partial charge in [0.1, 0.15) is 5.82 Å². The second kappa shape index (κ2) is 8.69. The lowest BCUT2D eigenvalue weighted by Gasteiger charge is -2.29. The summed E-state index contributed by atoms with van der Waals surface area (Å²) in [6, 6.07) is 9.04. The van der Waals surface area contributed by atoms with Crippen molar-refractivity contribution in [2.75, 3.05) is 37.7 Å². The lowest BCUT2D eigenvalue weighted by molar-refractivity contribution is -0.129. The molecule has 7 nitrogen and oxygen atoms in total. The molecular weight excluding hydrogens is 426 g/mol. The SMILES string of the molecule is CC(=O)N1CCc2c(c(-c3cccc4cc(N5CC[C@@H](C)C5)ncc34)nn2C2CCOCC2)C1. The number of anilines is 1. The Balaban J connectivity index is 1.45. The van der Waals surface area contributed by atoms with Crippen molar-refractivity contribution in [3.63, 3.8) is 0 Å². The van der Waals surface area contributed by atoms with Crippen LogP contribution in [0.25, 0.3) is 22.0 Å². The number of pyridine rings is 1. The lowest BCUT2D eigenvalue weighted by Crippen LogP contribution is -2.35. The maximum Gasteiger partial charge on any atom is 0.219 e. The molecule has 0 N–H and O–H groups in total. The molecule has 0 bridgehead atoms. The number of aromatic nitrogens is 3. The van der Waals surface area contributed by atoms with Crippen molar-refractivity contribution in [3.05, 3.63) is 41.7 Å². The Bertz CT molecular complexity index is 1230. The fourth-order valence-corrected chi connectivity index (χ4v) is 5.85. The van der Waals surface area contributed by atoms with Gasteiger partial charge in [0.15, 0.2) is 0 Å². The van der Waals surface area contributed by atoms with Gasteiger partial charge >= 0.3 is 0 Å². The number of hydrogen-bond acceptors (Lipinski definition) is 5. The van der Waals surface area contributed by atoms with Crippen LogP contribution < -0.4 is 4.90 Å². The molecular formula is C27H33N5O2. The first-order valence-electron chi connectivity index (χ1n) is 12.7. The first kappa shape index (κ1) is 21.6. The summed E-state index contributed by atoms with van der Waals surface area (Å²) in [5.74, 6) is 1.90. The van der Waals surface area contributed by atoms with E-state index in [1.807, 2.05) is 11.1 Å². The van der Waals surface area contributed by atoms with Gasteiger partial charge in [-0.25, -0.2) is 4.98 Å². The molecule has 178 valence electrons. The van der Waals surface area contributed by atoms with Crippen LogP contribution in [0, 0.1) is 5.92 Å². The van der Waals surface area contributed by atoms with Crippen molar-refractivity contribution in [2.24, 2.45) is 5.92 Å². The summed E-state index contributed by atoms with van der Waals surface area (Å²) in [6.45, 7) is 9.06. The van der Waals surface area contributed by atoms with Gasteiger partial charge in [0, 0.05) is 81.1 Å². The Morgan fingerprint density at radius 1 is 1.15 bits per heavy atom. The Kier molecular flexibility index (Phi) is 5.52. The number of rotatable bonds is 3. The van der Waals surface area contributed by atoms with Crippen LogP contribution in [0.1, 0.15) is 50.4 Å². The van der Waals surface area contributed by atoms with Crippen LogP contribution in [0.3, 0.4) is 0 Å². The van der Waals surface area contributed by atoms with Gasteiger partial charge in [-0.15, -0.1) is 0 Å². The van der Waals surface area contributed by atoms with E-state index in [9.17, 15) is 4.79 Å². The third-order valence-electron chi connectivity index (χ3n) is 7.82. The van der Waals surface area contributed by atoms with E-state index >= 15 is 0 Å². The molecule has 3 aliphatic rings. The fraction of sp³-hybridized carbons (Fsp3) is 0.519. The van der Waals surface area contributed by atoms with Gasteiger partial charge in [-0.1, -0.05) is 25.1 Å². The first-order valence-corrected chi connectivity index (χ1v) is 12.7. The number of carbonyl (C=O) groups excluding carboxylic acids is 1. The van der Waals surface area contributed by atoms with Gasteiger partial charge in [0.25, 0.3) is 0 Å². The average Bonchev–Trinajstić information content (AvgIpc) is 3.47. The van der Waals surface area contributed by atoms with E-state index in [-0.39, 0.29) is 5.91 Å². The fourth-order valence-electron chi connectivity index (χ4n) is 5.85. The van der Waals surface area contributed by atoms with E-state index in [1.165, 1.54) is 23.1 Å². The monoisotopic (exact) mass is 459 g/mol. The van der Waals surface area contributed by atoms with E-state index in [4.69, 9.17) is 14.8 Å². The maximum atomic E-state index is 12.2.